The Morgan fingerprint density at radius 1 is 0.739 bits per heavy atom. The van der Waals surface area contributed by atoms with E-state index in [9.17, 15) is 0 Å². The molecule has 23 heavy (non-hydrogen) atoms. The quantitative estimate of drug-likeness (QED) is 0.637. The van der Waals surface area contributed by atoms with E-state index in [1.807, 2.05) is 0 Å². The molecule has 0 fully saturated rings. The van der Waals surface area contributed by atoms with Crippen molar-refractivity contribution in [2.45, 2.75) is 33.1 Å². The summed E-state index contributed by atoms with van der Waals surface area (Å²) in [5.74, 6) is 0.368. The minimum absolute atomic E-state index is 0.0752. The molecule has 1 unspecified atom stereocenters. The summed E-state index contributed by atoms with van der Waals surface area (Å²) in [6.45, 7) is 9.28. The van der Waals surface area contributed by atoms with Crippen LogP contribution in [-0.4, -0.2) is 0 Å². The molecule has 3 rings (SSSR count). The largest absolute Gasteiger partial charge is 0.0761 e. The van der Waals surface area contributed by atoms with E-state index in [0.29, 0.717) is 5.92 Å². The van der Waals surface area contributed by atoms with E-state index in [1.54, 1.807) is 0 Å². The molecule has 0 aliphatic heterocycles. The van der Waals surface area contributed by atoms with Crippen molar-refractivity contribution in [2.75, 3.05) is 0 Å². The van der Waals surface area contributed by atoms with Crippen molar-refractivity contribution in [2.24, 2.45) is 11.3 Å². The van der Waals surface area contributed by atoms with E-state index in [0.717, 1.165) is 0 Å². The molecular formula is C23H26. The van der Waals surface area contributed by atoms with Crippen LogP contribution in [0.2, 0.25) is 0 Å². The van der Waals surface area contributed by atoms with Gasteiger partial charge in [0.25, 0.3) is 0 Å². The zero-order valence-electron chi connectivity index (χ0n) is 14.6. The molecule has 0 heteroatoms. The standard InChI is InChI=1S/C23H26/c1-18-15-16-21(17-18)23(22(2,3)4,19-11-7-5-8-12-19)20-13-9-6-10-14-20/h5-17,21H,1-4H3. The lowest BCUT2D eigenvalue weighted by Gasteiger charge is -2.49. The molecule has 2 aromatic rings. The van der Waals surface area contributed by atoms with Gasteiger partial charge in [0.05, 0.1) is 0 Å². The molecule has 0 saturated carbocycles. The number of rotatable bonds is 3. The Morgan fingerprint density at radius 3 is 1.57 bits per heavy atom. The molecule has 2 aromatic carbocycles. The zero-order chi connectivity index (χ0) is 16.5. The Morgan fingerprint density at radius 2 is 1.22 bits per heavy atom. The van der Waals surface area contributed by atoms with Crippen molar-refractivity contribution in [1.82, 2.24) is 0 Å². The van der Waals surface area contributed by atoms with E-state index in [-0.39, 0.29) is 10.8 Å². The maximum atomic E-state index is 2.42. The Kier molecular flexibility index (Phi) is 4.02. The number of hydrogen-bond acceptors (Lipinski definition) is 0. The fraction of sp³-hybridized carbons (Fsp3) is 0.304. The lowest BCUT2D eigenvalue weighted by atomic mass is 9.53. The van der Waals surface area contributed by atoms with Gasteiger partial charge in [-0.1, -0.05) is 105 Å². The molecule has 0 nitrogen and oxygen atoms in total. The average Bonchev–Trinajstić information content (AvgIpc) is 2.95. The third kappa shape index (κ3) is 2.57. The van der Waals surface area contributed by atoms with Crippen LogP contribution in [0.15, 0.2) is 84.5 Å². The van der Waals surface area contributed by atoms with Gasteiger partial charge in [-0.25, -0.2) is 0 Å². The van der Waals surface area contributed by atoms with E-state index in [4.69, 9.17) is 0 Å². The highest BCUT2D eigenvalue weighted by Crippen LogP contribution is 2.54. The van der Waals surface area contributed by atoms with E-state index in [1.165, 1.54) is 16.7 Å². The second-order valence-electron chi connectivity index (χ2n) is 7.59. The molecule has 0 amide bonds. The van der Waals surface area contributed by atoms with Gasteiger partial charge in [-0.3, -0.25) is 0 Å². The summed E-state index contributed by atoms with van der Waals surface area (Å²) in [5.41, 5.74) is 4.13. The number of hydrogen-bond donors (Lipinski definition) is 0. The van der Waals surface area contributed by atoms with Gasteiger partial charge in [0, 0.05) is 11.3 Å². The molecule has 0 heterocycles. The van der Waals surface area contributed by atoms with Gasteiger partial charge < -0.3 is 0 Å². The SMILES string of the molecule is CC1=CC(C(c2ccccc2)(c2ccccc2)C(C)(C)C)C=C1. The van der Waals surface area contributed by atoms with Crippen LogP contribution in [0.3, 0.4) is 0 Å². The van der Waals surface area contributed by atoms with E-state index >= 15 is 0 Å². The van der Waals surface area contributed by atoms with Gasteiger partial charge in [0.1, 0.15) is 0 Å². The lowest BCUT2D eigenvalue weighted by molar-refractivity contribution is 0.195. The molecule has 0 saturated heterocycles. The molecule has 0 radical (unpaired) electrons. The van der Waals surface area contributed by atoms with Crippen LogP contribution >= 0.6 is 0 Å². The van der Waals surface area contributed by atoms with Crippen LogP contribution in [0.5, 0.6) is 0 Å². The summed E-state index contributed by atoms with van der Waals surface area (Å²) in [7, 11) is 0. The van der Waals surface area contributed by atoms with Gasteiger partial charge in [0.2, 0.25) is 0 Å². The van der Waals surface area contributed by atoms with Crippen LogP contribution in [0.1, 0.15) is 38.8 Å². The zero-order valence-corrected chi connectivity index (χ0v) is 14.6. The Hall–Kier alpha value is -2.08. The third-order valence-electron chi connectivity index (χ3n) is 5.15. The second-order valence-corrected chi connectivity index (χ2v) is 7.59. The highest BCUT2D eigenvalue weighted by atomic mass is 14.5. The minimum Gasteiger partial charge on any atom is -0.0761 e. The van der Waals surface area contributed by atoms with Gasteiger partial charge >= 0.3 is 0 Å². The van der Waals surface area contributed by atoms with E-state index in [2.05, 4.69) is 107 Å². The third-order valence-corrected chi connectivity index (χ3v) is 5.15. The van der Waals surface area contributed by atoms with Crippen molar-refractivity contribution < 1.29 is 0 Å². The molecule has 1 aliphatic rings. The first kappa shape index (κ1) is 15.8. The topological polar surface area (TPSA) is 0 Å². The predicted octanol–water partition coefficient (Wildman–Crippen LogP) is 6.15. The molecule has 0 bridgehead atoms. The maximum Gasteiger partial charge on any atom is 0.0348 e. The highest BCUT2D eigenvalue weighted by molar-refractivity contribution is 5.48. The van der Waals surface area contributed by atoms with Crippen molar-refractivity contribution in [3.63, 3.8) is 0 Å². The second kappa shape index (κ2) is 5.85. The van der Waals surface area contributed by atoms with E-state index < -0.39 is 0 Å². The van der Waals surface area contributed by atoms with Crippen LogP contribution in [0, 0.1) is 11.3 Å². The van der Waals surface area contributed by atoms with Crippen molar-refractivity contribution in [3.05, 3.63) is 95.6 Å². The van der Waals surface area contributed by atoms with Crippen LogP contribution in [0.25, 0.3) is 0 Å². The highest BCUT2D eigenvalue weighted by Gasteiger charge is 2.49. The van der Waals surface area contributed by atoms with Gasteiger partial charge in [0.15, 0.2) is 0 Å². The van der Waals surface area contributed by atoms with Gasteiger partial charge in [-0.15, -0.1) is 0 Å². The molecule has 0 spiro atoms. The minimum atomic E-state index is -0.0796. The summed E-state index contributed by atoms with van der Waals surface area (Å²) >= 11 is 0. The Bertz CT molecular complexity index is 672. The van der Waals surface area contributed by atoms with Crippen LogP contribution in [0.4, 0.5) is 0 Å². The summed E-state index contributed by atoms with van der Waals surface area (Å²) in [5, 5.41) is 0. The normalized spacial score (nSPS) is 18.1. The molecule has 1 atom stereocenters. The van der Waals surface area contributed by atoms with Crippen LogP contribution in [-0.2, 0) is 5.41 Å². The molecule has 1 aliphatic carbocycles. The van der Waals surface area contributed by atoms with Gasteiger partial charge in [-0.05, 0) is 23.5 Å². The summed E-state index contributed by atoms with van der Waals surface area (Å²) in [6, 6.07) is 22.0. The van der Waals surface area contributed by atoms with Crippen molar-refractivity contribution in [1.29, 1.82) is 0 Å². The maximum absolute atomic E-state index is 2.42. The summed E-state index contributed by atoms with van der Waals surface area (Å²) in [6.07, 6.45) is 7.06. The Balaban J connectivity index is 2.34. The predicted molar refractivity (Wildman–Crippen MR) is 99.5 cm³/mol. The fourth-order valence-electron chi connectivity index (χ4n) is 4.24. The summed E-state index contributed by atoms with van der Waals surface area (Å²) in [4.78, 5) is 0. The molecular weight excluding hydrogens is 276 g/mol. The lowest BCUT2D eigenvalue weighted by Crippen LogP contribution is -2.46. The first-order valence-electron chi connectivity index (χ1n) is 8.44. The fourth-order valence-corrected chi connectivity index (χ4v) is 4.24. The first-order chi connectivity index (χ1) is 11.0. The Labute approximate surface area is 140 Å². The van der Waals surface area contributed by atoms with Gasteiger partial charge in [-0.2, -0.15) is 0 Å². The summed E-state index contributed by atoms with van der Waals surface area (Å²) < 4.78 is 0. The average molecular weight is 302 g/mol. The molecule has 0 aromatic heterocycles. The number of benzene rings is 2. The number of allylic oxidation sites excluding steroid dienone is 4. The molecule has 0 N–H and O–H groups in total. The smallest absolute Gasteiger partial charge is 0.0348 e. The monoisotopic (exact) mass is 302 g/mol. The van der Waals surface area contributed by atoms with Crippen molar-refractivity contribution >= 4 is 0 Å². The molecule has 118 valence electrons. The van der Waals surface area contributed by atoms with Crippen LogP contribution < -0.4 is 0 Å². The first-order valence-corrected chi connectivity index (χ1v) is 8.44. The van der Waals surface area contributed by atoms with Crippen molar-refractivity contribution in [3.8, 4) is 0 Å².